The summed E-state index contributed by atoms with van der Waals surface area (Å²) in [5.41, 5.74) is 0.329. The third kappa shape index (κ3) is 4.67. The van der Waals surface area contributed by atoms with Crippen LogP contribution < -0.4 is 0 Å². The van der Waals surface area contributed by atoms with E-state index in [0.29, 0.717) is 18.8 Å². The quantitative estimate of drug-likeness (QED) is 0.604. The molecule has 0 amide bonds. The highest BCUT2D eigenvalue weighted by atomic mass is 28.4. The summed E-state index contributed by atoms with van der Waals surface area (Å²) >= 11 is 0. The number of rotatable bonds is 6. The molecule has 0 aromatic heterocycles. The molecule has 1 fully saturated rings. The van der Waals surface area contributed by atoms with Crippen LogP contribution in [0.5, 0.6) is 0 Å². The second-order valence-electron chi connectivity index (χ2n) is 8.35. The van der Waals surface area contributed by atoms with Crippen LogP contribution in [-0.2, 0) is 9.16 Å². The van der Waals surface area contributed by atoms with Crippen molar-refractivity contribution in [3.05, 3.63) is 0 Å². The Balaban J connectivity index is 2.32. The Labute approximate surface area is 120 Å². The van der Waals surface area contributed by atoms with E-state index in [9.17, 15) is 5.11 Å². The predicted molar refractivity (Wildman–Crippen MR) is 85.8 cm³/mol. The lowest BCUT2D eigenvalue weighted by molar-refractivity contribution is 0.105. The van der Waals surface area contributed by atoms with Crippen LogP contribution in [-0.4, -0.2) is 46.0 Å². The van der Waals surface area contributed by atoms with E-state index < -0.39 is 16.4 Å². The Morgan fingerprint density at radius 2 is 1.68 bits per heavy atom. The summed E-state index contributed by atoms with van der Waals surface area (Å²) in [5.74, 6) is 0. The number of aliphatic hydroxyl groups excluding tert-OH is 1. The van der Waals surface area contributed by atoms with E-state index in [-0.39, 0.29) is 17.2 Å². The molecule has 0 radical (unpaired) electrons. The topological polar surface area (TPSA) is 42.0 Å². The molecule has 0 aliphatic carbocycles. The van der Waals surface area contributed by atoms with Crippen LogP contribution in [0.2, 0.25) is 37.8 Å². The van der Waals surface area contributed by atoms with Crippen LogP contribution in [0.15, 0.2) is 0 Å². The molecule has 1 aliphatic rings. The van der Waals surface area contributed by atoms with E-state index >= 15 is 0 Å². The molecular weight excluding hydrogens is 272 g/mol. The molecule has 1 heterocycles. The van der Waals surface area contributed by atoms with Crippen LogP contribution in [0.25, 0.3) is 0 Å². The average Bonchev–Trinajstić information content (AvgIpc) is 2.93. The molecule has 0 aromatic rings. The van der Waals surface area contributed by atoms with Gasteiger partial charge in [-0.1, -0.05) is 40.4 Å². The van der Waals surface area contributed by atoms with Gasteiger partial charge < -0.3 is 14.3 Å². The molecule has 0 unspecified atom stereocenters. The highest BCUT2D eigenvalue weighted by molar-refractivity contribution is 6.78. The zero-order valence-electron chi connectivity index (χ0n) is 13.9. The largest absolute Gasteiger partial charge is 0.417 e. The highest BCUT2D eigenvalue weighted by Gasteiger charge is 2.51. The van der Waals surface area contributed by atoms with Gasteiger partial charge in [-0.15, -0.1) is 0 Å². The van der Waals surface area contributed by atoms with Crippen molar-refractivity contribution < 1.29 is 14.3 Å². The lowest BCUT2D eigenvalue weighted by Crippen LogP contribution is -2.41. The third-order valence-electron chi connectivity index (χ3n) is 4.44. The first kappa shape index (κ1) is 17.4. The van der Waals surface area contributed by atoms with Crippen molar-refractivity contribution in [3.63, 3.8) is 0 Å². The number of hydrogen-bond acceptors (Lipinski definition) is 3. The van der Waals surface area contributed by atoms with Gasteiger partial charge in [0.05, 0.1) is 19.9 Å². The Hall–Kier alpha value is 0.314. The van der Waals surface area contributed by atoms with E-state index in [1.807, 2.05) is 0 Å². The Morgan fingerprint density at radius 3 is 2.05 bits per heavy atom. The zero-order valence-corrected chi connectivity index (χ0v) is 15.9. The molecule has 3 atom stereocenters. The van der Waals surface area contributed by atoms with Gasteiger partial charge in [-0.2, -0.15) is 0 Å². The minimum atomic E-state index is -1.68. The molecular formula is C14H32O3Si2. The first-order valence-corrected chi connectivity index (χ1v) is 13.8. The zero-order chi connectivity index (χ0) is 15.1. The van der Waals surface area contributed by atoms with E-state index in [4.69, 9.17) is 9.16 Å². The average molecular weight is 305 g/mol. The van der Waals surface area contributed by atoms with Crippen LogP contribution in [0.3, 0.4) is 0 Å². The van der Waals surface area contributed by atoms with Crippen LogP contribution in [0.4, 0.5) is 0 Å². The van der Waals surface area contributed by atoms with Crippen LogP contribution in [0.1, 0.15) is 27.2 Å². The molecule has 0 spiro atoms. The lowest BCUT2D eigenvalue weighted by atomic mass is 10.2. The molecule has 1 saturated heterocycles. The molecule has 114 valence electrons. The van der Waals surface area contributed by atoms with Crippen molar-refractivity contribution in [2.45, 2.75) is 82.9 Å². The highest BCUT2D eigenvalue weighted by Crippen LogP contribution is 2.37. The SMILES string of the molecule is CC(C)(C)[Si](C)(C)OCC[C@H](O)[C@H]1O[C@H]1[Si](C)(C)C. The summed E-state index contributed by atoms with van der Waals surface area (Å²) in [6.07, 6.45) is 0.397. The fourth-order valence-corrected chi connectivity index (χ4v) is 4.76. The summed E-state index contributed by atoms with van der Waals surface area (Å²) in [6, 6.07) is 0. The summed E-state index contributed by atoms with van der Waals surface area (Å²) in [5, 5.41) is 10.4. The van der Waals surface area contributed by atoms with E-state index in [1.54, 1.807) is 0 Å². The fraction of sp³-hybridized carbons (Fsp3) is 1.00. The normalized spacial score (nSPS) is 26.4. The van der Waals surface area contributed by atoms with Gasteiger partial charge in [0.2, 0.25) is 0 Å². The van der Waals surface area contributed by atoms with Gasteiger partial charge in [0.15, 0.2) is 8.32 Å². The maximum absolute atomic E-state index is 10.2. The van der Waals surface area contributed by atoms with E-state index in [0.717, 1.165) is 0 Å². The molecule has 0 bridgehead atoms. The number of ether oxygens (including phenoxy) is 1. The third-order valence-corrected chi connectivity index (χ3v) is 11.2. The molecule has 19 heavy (non-hydrogen) atoms. The standard InChI is InChI=1S/C14H32O3Si2/c1-14(2,3)19(7,8)16-10-9-11(15)12-13(17-12)18(4,5)6/h11-13,15H,9-10H2,1-8H3/t11-,12+,13-/m0/s1. The molecule has 1 N–H and O–H groups in total. The molecule has 5 heteroatoms. The maximum atomic E-state index is 10.2. The number of aliphatic hydroxyl groups is 1. The van der Waals surface area contributed by atoms with Gasteiger partial charge >= 0.3 is 0 Å². The summed E-state index contributed by atoms with van der Waals surface area (Å²) in [7, 11) is -2.95. The van der Waals surface area contributed by atoms with Crippen molar-refractivity contribution >= 4 is 16.4 Å². The predicted octanol–water partition coefficient (Wildman–Crippen LogP) is 3.40. The smallest absolute Gasteiger partial charge is 0.191 e. The first-order chi connectivity index (χ1) is 8.36. The Kier molecular flexibility index (Phi) is 5.12. The van der Waals surface area contributed by atoms with Crippen molar-refractivity contribution in [1.82, 2.24) is 0 Å². The van der Waals surface area contributed by atoms with Gasteiger partial charge in [0, 0.05) is 6.61 Å². The van der Waals surface area contributed by atoms with Gasteiger partial charge in [0.25, 0.3) is 0 Å². The first-order valence-electron chi connectivity index (χ1n) is 7.34. The number of epoxide rings is 1. The summed E-state index contributed by atoms with van der Waals surface area (Å²) < 4.78 is 11.8. The maximum Gasteiger partial charge on any atom is 0.191 e. The van der Waals surface area contributed by atoms with Gasteiger partial charge in [0.1, 0.15) is 6.10 Å². The van der Waals surface area contributed by atoms with Crippen LogP contribution in [0, 0.1) is 0 Å². The van der Waals surface area contributed by atoms with Crippen molar-refractivity contribution in [2.75, 3.05) is 6.61 Å². The van der Waals surface area contributed by atoms with Gasteiger partial charge in [-0.05, 0) is 24.6 Å². The molecule has 3 nitrogen and oxygen atoms in total. The minimum Gasteiger partial charge on any atom is -0.417 e. The Bertz CT molecular complexity index is 305. The molecule has 0 saturated carbocycles. The summed E-state index contributed by atoms with van der Waals surface area (Å²) in [6.45, 7) is 18.7. The number of hydrogen-bond donors (Lipinski definition) is 1. The van der Waals surface area contributed by atoms with Crippen molar-refractivity contribution in [1.29, 1.82) is 0 Å². The molecule has 0 aromatic carbocycles. The van der Waals surface area contributed by atoms with Crippen molar-refractivity contribution in [2.24, 2.45) is 0 Å². The fourth-order valence-electron chi connectivity index (χ4n) is 1.93. The second-order valence-corrected chi connectivity index (χ2v) is 18.5. The van der Waals surface area contributed by atoms with Crippen molar-refractivity contribution in [3.8, 4) is 0 Å². The monoisotopic (exact) mass is 304 g/mol. The van der Waals surface area contributed by atoms with Gasteiger partial charge in [-0.3, -0.25) is 0 Å². The van der Waals surface area contributed by atoms with Crippen LogP contribution >= 0.6 is 0 Å². The Morgan fingerprint density at radius 1 is 1.16 bits per heavy atom. The van der Waals surface area contributed by atoms with Gasteiger partial charge in [-0.25, -0.2) is 0 Å². The second kappa shape index (κ2) is 5.60. The lowest BCUT2D eigenvalue weighted by Gasteiger charge is -2.36. The van der Waals surface area contributed by atoms with E-state index in [2.05, 4.69) is 53.5 Å². The van der Waals surface area contributed by atoms with E-state index in [1.165, 1.54) is 0 Å². The summed E-state index contributed by atoms with van der Waals surface area (Å²) in [4.78, 5) is 0. The molecule has 1 rings (SSSR count). The minimum absolute atomic E-state index is 0.0645. The molecule has 1 aliphatic heterocycles.